The summed E-state index contributed by atoms with van der Waals surface area (Å²) in [6.45, 7) is 1.99. The second kappa shape index (κ2) is 8.17. The number of nitriles is 1. The Labute approximate surface area is 150 Å². The quantitative estimate of drug-likeness (QED) is 0.895. The molecule has 6 heteroatoms. The van der Waals surface area contributed by atoms with Crippen molar-refractivity contribution in [3.63, 3.8) is 0 Å². The topological polar surface area (TPSA) is 62.1 Å². The summed E-state index contributed by atoms with van der Waals surface area (Å²) in [6.07, 6.45) is -0.229. The van der Waals surface area contributed by atoms with E-state index in [2.05, 4.69) is 5.32 Å². The number of hydrogen-bond donors (Lipinski definition) is 1. The van der Waals surface area contributed by atoms with Gasteiger partial charge in [-0.25, -0.2) is 8.78 Å². The fourth-order valence-corrected chi connectivity index (χ4v) is 2.96. The normalized spacial score (nSPS) is 16.9. The van der Waals surface area contributed by atoms with Gasteiger partial charge in [0, 0.05) is 25.9 Å². The lowest BCUT2D eigenvalue weighted by Gasteiger charge is -2.24. The Morgan fingerprint density at radius 3 is 2.73 bits per heavy atom. The average molecular weight is 356 g/mol. The van der Waals surface area contributed by atoms with Crippen molar-refractivity contribution < 1.29 is 18.3 Å². The molecular weight excluding hydrogens is 338 g/mol. The molecule has 1 atom stereocenters. The van der Waals surface area contributed by atoms with Crippen molar-refractivity contribution in [2.75, 3.05) is 19.7 Å². The maximum Gasteiger partial charge on any atom is 0.141 e. The summed E-state index contributed by atoms with van der Waals surface area (Å²) >= 11 is 0. The molecule has 0 aliphatic carbocycles. The summed E-state index contributed by atoms with van der Waals surface area (Å²) in [4.78, 5) is 12.2. The molecule has 0 spiro atoms. The molecule has 1 fully saturated rings. The van der Waals surface area contributed by atoms with E-state index in [0.717, 1.165) is 18.2 Å². The third kappa shape index (κ3) is 4.31. The number of nitrogens with one attached hydrogen (secondary N) is 1. The van der Waals surface area contributed by atoms with Crippen LogP contribution in [0.25, 0.3) is 0 Å². The highest BCUT2D eigenvalue weighted by atomic mass is 19.1. The number of halogens is 2. The summed E-state index contributed by atoms with van der Waals surface area (Å²) < 4.78 is 33.3. The first-order chi connectivity index (χ1) is 12.6. The zero-order chi connectivity index (χ0) is 18.5. The van der Waals surface area contributed by atoms with E-state index in [1.807, 2.05) is 0 Å². The van der Waals surface area contributed by atoms with Crippen molar-refractivity contribution in [2.45, 2.75) is 18.9 Å². The number of rotatable bonds is 5. The van der Waals surface area contributed by atoms with Gasteiger partial charge in [-0.3, -0.25) is 4.79 Å². The van der Waals surface area contributed by atoms with Crippen LogP contribution in [-0.4, -0.2) is 25.5 Å². The highest BCUT2D eigenvalue weighted by Crippen LogP contribution is 2.22. The van der Waals surface area contributed by atoms with E-state index >= 15 is 0 Å². The van der Waals surface area contributed by atoms with Crippen LogP contribution < -0.4 is 5.32 Å². The third-order valence-electron chi connectivity index (χ3n) is 4.32. The highest BCUT2D eigenvalue weighted by Gasteiger charge is 2.18. The first-order valence-corrected chi connectivity index (χ1v) is 8.37. The number of ketones is 1. The zero-order valence-electron chi connectivity index (χ0n) is 14.1. The predicted molar refractivity (Wildman–Crippen MR) is 91.5 cm³/mol. The number of carbonyl (C=O) groups is 1. The van der Waals surface area contributed by atoms with Gasteiger partial charge in [0.2, 0.25) is 0 Å². The van der Waals surface area contributed by atoms with Crippen molar-refractivity contribution in [3.05, 3.63) is 70.3 Å². The van der Waals surface area contributed by atoms with Crippen LogP contribution in [0.15, 0.2) is 36.4 Å². The van der Waals surface area contributed by atoms with Gasteiger partial charge in [0.15, 0.2) is 0 Å². The molecule has 3 rings (SSSR count). The predicted octanol–water partition coefficient (Wildman–Crippen LogP) is 2.85. The largest absolute Gasteiger partial charge is 0.371 e. The van der Waals surface area contributed by atoms with Gasteiger partial charge in [-0.2, -0.15) is 5.26 Å². The molecule has 0 amide bonds. The monoisotopic (exact) mass is 356 g/mol. The fourth-order valence-electron chi connectivity index (χ4n) is 2.96. The van der Waals surface area contributed by atoms with Gasteiger partial charge in [0.05, 0.1) is 18.3 Å². The summed E-state index contributed by atoms with van der Waals surface area (Å²) in [5.74, 6) is -1.27. The van der Waals surface area contributed by atoms with Gasteiger partial charge < -0.3 is 10.1 Å². The summed E-state index contributed by atoms with van der Waals surface area (Å²) in [5, 5.41) is 12.0. The number of morpholine rings is 1. The molecule has 1 N–H and O–H groups in total. The van der Waals surface area contributed by atoms with Crippen LogP contribution in [0.3, 0.4) is 0 Å². The Morgan fingerprint density at radius 2 is 2.04 bits per heavy atom. The first kappa shape index (κ1) is 18.2. The van der Waals surface area contributed by atoms with E-state index in [9.17, 15) is 13.6 Å². The molecule has 0 radical (unpaired) electrons. The SMILES string of the molecule is N#Cc1cc(CC(=O)Cc2ccc([C@@H]3CNCCO3)cc2F)ccc1F. The second-order valence-electron chi connectivity index (χ2n) is 6.23. The number of hydrogen-bond acceptors (Lipinski definition) is 4. The summed E-state index contributed by atoms with van der Waals surface area (Å²) in [7, 11) is 0. The van der Waals surface area contributed by atoms with Gasteiger partial charge in [-0.1, -0.05) is 18.2 Å². The fraction of sp³-hybridized carbons (Fsp3) is 0.300. The highest BCUT2D eigenvalue weighted by molar-refractivity contribution is 5.83. The number of nitrogens with zero attached hydrogens (tertiary/aromatic N) is 1. The average Bonchev–Trinajstić information content (AvgIpc) is 2.65. The number of Topliss-reactive ketones (excluding diaryl/α,β-unsaturated/α-hetero) is 1. The Morgan fingerprint density at radius 1 is 1.19 bits per heavy atom. The van der Waals surface area contributed by atoms with E-state index in [-0.39, 0.29) is 30.3 Å². The number of carbonyl (C=O) groups excluding carboxylic acids is 1. The van der Waals surface area contributed by atoms with Crippen LogP contribution >= 0.6 is 0 Å². The first-order valence-electron chi connectivity index (χ1n) is 8.37. The molecule has 134 valence electrons. The smallest absolute Gasteiger partial charge is 0.141 e. The van der Waals surface area contributed by atoms with E-state index < -0.39 is 11.6 Å². The van der Waals surface area contributed by atoms with Crippen LogP contribution in [-0.2, 0) is 22.4 Å². The molecule has 1 aliphatic rings. The third-order valence-corrected chi connectivity index (χ3v) is 4.32. The Hall–Kier alpha value is -2.62. The van der Waals surface area contributed by atoms with E-state index in [1.165, 1.54) is 18.2 Å². The number of benzene rings is 2. The van der Waals surface area contributed by atoms with Crippen LogP contribution in [0, 0.1) is 23.0 Å². The van der Waals surface area contributed by atoms with Crippen molar-refractivity contribution in [2.24, 2.45) is 0 Å². The minimum Gasteiger partial charge on any atom is -0.371 e. The van der Waals surface area contributed by atoms with Gasteiger partial charge in [-0.15, -0.1) is 0 Å². The Kier molecular flexibility index (Phi) is 5.71. The van der Waals surface area contributed by atoms with Crippen molar-refractivity contribution in [1.82, 2.24) is 5.32 Å². The molecule has 26 heavy (non-hydrogen) atoms. The van der Waals surface area contributed by atoms with Crippen LogP contribution in [0.1, 0.15) is 28.4 Å². The van der Waals surface area contributed by atoms with Gasteiger partial charge in [0.1, 0.15) is 23.5 Å². The van der Waals surface area contributed by atoms with Gasteiger partial charge >= 0.3 is 0 Å². The molecular formula is C20H18F2N2O2. The number of ether oxygens (including phenoxy) is 1. The molecule has 0 aromatic heterocycles. The van der Waals surface area contributed by atoms with E-state index in [4.69, 9.17) is 10.00 Å². The molecule has 2 aromatic carbocycles. The standard InChI is InChI=1S/C20H18F2N2O2/c21-18-4-1-13(7-16(18)11-23)8-17(25)9-14-2-3-15(10-19(14)22)20-12-24-5-6-26-20/h1-4,7,10,20,24H,5-6,8-9,12H2/t20-/m0/s1. The molecule has 2 aromatic rings. The molecule has 1 aliphatic heterocycles. The molecule has 0 unspecified atom stereocenters. The minimum atomic E-state index is -0.621. The molecule has 4 nitrogen and oxygen atoms in total. The van der Waals surface area contributed by atoms with Crippen LogP contribution in [0.5, 0.6) is 0 Å². The Bertz CT molecular complexity index is 855. The van der Waals surface area contributed by atoms with Crippen LogP contribution in [0.4, 0.5) is 8.78 Å². The summed E-state index contributed by atoms with van der Waals surface area (Å²) in [5.41, 5.74) is 1.48. The van der Waals surface area contributed by atoms with Crippen molar-refractivity contribution >= 4 is 5.78 Å². The lowest BCUT2D eigenvalue weighted by molar-refractivity contribution is -0.117. The van der Waals surface area contributed by atoms with Crippen molar-refractivity contribution in [3.8, 4) is 6.07 Å². The Balaban J connectivity index is 1.66. The minimum absolute atomic E-state index is 0.0197. The summed E-state index contributed by atoms with van der Waals surface area (Å²) in [6, 6.07) is 10.5. The zero-order valence-corrected chi connectivity index (χ0v) is 14.1. The lowest BCUT2D eigenvalue weighted by Crippen LogP contribution is -2.33. The van der Waals surface area contributed by atoms with E-state index in [1.54, 1.807) is 18.2 Å². The molecule has 0 saturated carbocycles. The maximum atomic E-state index is 14.4. The van der Waals surface area contributed by atoms with Crippen molar-refractivity contribution in [1.29, 1.82) is 5.26 Å². The maximum absolute atomic E-state index is 14.4. The van der Waals surface area contributed by atoms with Gasteiger partial charge in [-0.05, 0) is 34.9 Å². The molecule has 0 bridgehead atoms. The van der Waals surface area contributed by atoms with E-state index in [0.29, 0.717) is 24.3 Å². The van der Waals surface area contributed by atoms with Gasteiger partial charge in [0.25, 0.3) is 0 Å². The molecule has 1 saturated heterocycles. The van der Waals surface area contributed by atoms with Crippen LogP contribution in [0.2, 0.25) is 0 Å². The second-order valence-corrected chi connectivity index (χ2v) is 6.23. The molecule has 1 heterocycles. The lowest BCUT2D eigenvalue weighted by atomic mass is 9.99.